The van der Waals surface area contributed by atoms with Crippen LogP contribution in [0.4, 0.5) is 4.39 Å². The molecule has 1 aliphatic rings. The molecule has 2 aromatic rings. The van der Waals surface area contributed by atoms with Gasteiger partial charge in [-0.25, -0.2) is 9.18 Å². The Balaban J connectivity index is 2.07. The van der Waals surface area contributed by atoms with E-state index in [1.54, 1.807) is 0 Å². The van der Waals surface area contributed by atoms with Crippen LogP contribution in [0.3, 0.4) is 0 Å². The minimum atomic E-state index is -1.47. The summed E-state index contributed by atoms with van der Waals surface area (Å²) >= 11 is 0. The van der Waals surface area contributed by atoms with E-state index in [2.05, 4.69) is 4.98 Å². The van der Waals surface area contributed by atoms with Crippen LogP contribution in [-0.4, -0.2) is 49.8 Å². The summed E-state index contributed by atoms with van der Waals surface area (Å²) in [5, 5.41) is 28.9. The SMILES string of the molecule is O=c1[nH]c(=O)n([C@@H]2O[C@H](CO)[C@@H](O)[C@H]2O)cc1-c1ccc([18F])cc1. The van der Waals surface area contributed by atoms with Gasteiger partial charge in [-0.3, -0.25) is 14.3 Å². The van der Waals surface area contributed by atoms with E-state index in [1.807, 2.05) is 0 Å². The zero-order chi connectivity index (χ0) is 17.4. The van der Waals surface area contributed by atoms with E-state index in [0.29, 0.717) is 5.56 Å². The molecule has 0 aliphatic carbocycles. The van der Waals surface area contributed by atoms with Crippen molar-refractivity contribution in [1.29, 1.82) is 0 Å². The number of nitrogens with zero attached hydrogens (tertiary/aromatic N) is 1. The highest BCUT2D eigenvalue weighted by molar-refractivity contribution is 5.61. The monoisotopic (exact) mass is 337 g/mol. The molecule has 4 N–H and O–H groups in total. The predicted molar refractivity (Wildman–Crippen MR) is 79.7 cm³/mol. The Hall–Kier alpha value is -2.33. The van der Waals surface area contributed by atoms with Gasteiger partial charge in [0.15, 0.2) is 6.23 Å². The summed E-state index contributed by atoms with van der Waals surface area (Å²) in [6.07, 6.45) is -4.02. The average molecular weight is 337 g/mol. The third-order valence-electron chi connectivity index (χ3n) is 3.91. The van der Waals surface area contributed by atoms with Crippen LogP contribution >= 0.6 is 0 Å². The van der Waals surface area contributed by atoms with Crippen molar-refractivity contribution < 1.29 is 24.4 Å². The summed E-state index contributed by atoms with van der Waals surface area (Å²) in [6.45, 7) is -0.544. The smallest absolute Gasteiger partial charge is 0.330 e. The normalized spacial score (nSPS) is 26.7. The summed E-state index contributed by atoms with van der Waals surface area (Å²) in [6, 6.07) is 5.06. The van der Waals surface area contributed by atoms with Gasteiger partial charge in [-0.2, -0.15) is 0 Å². The van der Waals surface area contributed by atoms with E-state index in [9.17, 15) is 24.2 Å². The van der Waals surface area contributed by atoms with Crippen LogP contribution in [0.1, 0.15) is 6.23 Å². The van der Waals surface area contributed by atoms with E-state index >= 15 is 0 Å². The average Bonchev–Trinajstić information content (AvgIpc) is 2.84. The fourth-order valence-electron chi connectivity index (χ4n) is 2.62. The van der Waals surface area contributed by atoms with E-state index in [4.69, 9.17) is 9.84 Å². The molecule has 3 rings (SSSR count). The maximum absolute atomic E-state index is 13.0. The van der Waals surface area contributed by atoms with Gasteiger partial charge in [-0.1, -0.05) is 12.1 Å². The first-order valence-electron chi connectivity index (χ1n) is 7.16. The number of H-pyrrole nitrogens is 1. The van der Waals surface area contributed by atoms with Gasteiger partial charge >= 0.3 is 5.69 Å². The quantitative estimate of drug-likeness (QED) is 0.567. The number of hydrogen-bond acceptors (Lipinski definition) is 6. The Bertz CT molecular complexity index is 846. The fourth-order valence-corrected chi connectivity index (χ4v) is 2.62. The second kappa shape index (κ2) is 6.29. The molecule has 9 heteroatoms. The number of ether oxygens (including phenoxy) is 1. The van der Waals surface area contributed by atoms with Crippen molar-refractivity contribution in [2.75, 3.05) is 6.61 Å². The number of benzene rings is 1. The summed E-state index contributed by atoms with van der Waals surface area (Å²) in [5.41, 5.74) is -1.11. The maximum Gasteiger partial charge on any atom is 0.330 e. The molecule has 2 heterocycles. The molecular formula is C15H15FN2O6. The minimum Gasteiger partial charge on any atom is -0.394 e. The van der Waals surface area contributed by atoms with Gasteiger partial charge in [0.2, 0.25) is 0 Å². The first kappa shape index (κ1) is 16.5. The van der Waals surface area contributed by atoms with Gasteiger partial charge in [0.25, 0.3) is 5.56 Å². The topological polar surface area (TPSA) is 125 Å². The zero-order valence-corrected chi connectivity index (χ0v) is 12.3. The molecule has 1 aromatic carbocycles. The molecular weight excluding hydrogens is 322 g/mol. The lowest BCUT2D eigenvalue weighted by Crippen LogP contribution is -2.38. The molecule has 8 nitrogen and oxygen atoms in total. The maximum atomic E-state index is 13.0. The van der Waals surface area contributed by atoms with Crippen molar-refractivity contribution in [3.05, 3.63) is 57.1 Å². The summed E-state index contributed by atoms with van der Waals surface area (Å²) in [5.74, 6) is -0.480. The Kier molecular flexibility index (Phi) is 4.33. The molecule has 0 amide bonds. The second-order valence-corrected chi connectivity index (χ2v) is 5.45. The third-order valence-corrected chi connectivity index (χ3v) is 3.91. The molecule has 0 saturated carbocycles. The van der Waals surface area contributed by atoms with E-state index in [1.165, 1.54) is 12.1 Å². The number of nitrogens with one attached hydrogen (secondary N) is 1. The summed E-state index contributed by atoms with van der Waals surface area (Å²) in [4.78, 5) is 26.1. The predicted octanol–water partition coefficient (Wildman–Crippen LogP) is -1.05. The third kappa shape index (κ3) is 2.78. The molecule has 0 unspecified atom stereocenters. The molecule has 128 valence electrons. The van der Waals surface area contributed by atoms with Gasteiger partial charge in [-0.15, -0.1) is 0 Å². The minimum absolute atomic E-state index is 0.0624. The zero-order valence-electron chi connectivity index (χ0n) is 12.3. The van der Waals surface area contributed by atoms with Gasteiger partial charge in [0, 0.05) is 6.20 Å². The van der Waals surface area contributed by atoms with Gasteiger partial charge in [-0.05, 0) is 17.7 Å². The Morgan fingerprint density at radius 1 is 1.17 bits per heavy atom. The van der Waals surface area contributed by atoms with Crippen LogP contribution in [0.2, 0.25) is 0 Å². The Morgan fingerprint density at radius 3 is 2.42 bits per heavy atom. The molecule has 1 fully saturated rings. The van der Waals surface area contributed by atoms with Crippen molar-refractivity contribution >= 4 is 0 Å². The highest BCUT2D eigenvalue weighted by Crippen LogP contribution is 2.28. The molecule has 1 saturated heterocycles. The number of aliphatic hydroxyl groups excluding tert-OH is 3. The summed E-state index contributed by atoms with van der Waals surface area (Å²) < 4.78 is 19.2. The van der Waals surface area contributed by atoms with Crippen LogP contribution in [0.5, 0.6) is 0 Å². The Labute approximate surface area is 134 Å². The molecule has 24 heavy (non-hydrogen) atoms. The standard InChI is InChI=1S/C15H15FN2O6/c16-8-3-1-7(2-4-8)9-5-18(15(23)17-13(9)22)14-12(21)11(20)10(6-19)24-14/h1-5,10-12,14,19-21H,6H2,(H,17,22,23)/t10-,11-,12-,14-/m1/s1/i16-1. The number of aromatic amines is 1. The van der Waals surface area contributed by atoms with Crippen LogP contribution in [0.25, 0.3) is 11.1 Å². The van der Waals surface area contributed by atoms with E-state index < -0.39 is 48.2 Å². The van der Waals surface area contributed by atoms with Crippen LogP contribution < -0.4 is 11.2 Å². The van der Waals surface area contributed by atoms with Crippen molar-refractivity contribution in [2.45, 2.75) is 24.5 Å². The lowest BCUT2D eigenvalue weighted by atomic mass is 10.1. The molecule has 0 bridgehead atoms. The number of aromatic nitrogens is 2. The molecule has 0 radical (unpaired) electrons. The first-order chi connectivity index (χ1) is 11.4. The molecule has 4 atom stereocenters. The molecule has 1 aliphatic heterocycles. The van der Waals surface area contributed by atoms with Gasteiger partial charge in [0.05, 0.1) is 12.2 Å². The Morgan fingerprint density at radius 2 is 1.83 bits per heavy atom. The second-order valence-electron chi connectivity index (χ2n) is 5.45. The summed E-state index contributed by atoms with van der Waals surface area (Å²) in [7, 11) is 0. The highest BCUT2D eigenvalue weighted by atomic mass is 18.2. The van der Waals surface area contributed by atoms with Crippen molar-refractivity contribution in [1.82, 2.24) is 9.55 Å². The number of hydrogen-bond donors (Lipinski definition) is 4. The number of aliphatic hydroxyl groups is 3. The van der Waals surface area contributed by atoms with E-state index in [0.717, 1.165) is 22.9 Å². The van der Waals surface area contributed by atoms with Crippen molar-refractivity contribution in [2.24, 2.45) is 0 Å². The molecule has 1 aromatic heterocycles. The fraction of sp³-hybridized carbons (Fsp3) is 0.333. The first-order valence-corrected chi connectivity index (χ1v) is 7.16. The van der Waals surface area contributed by atoms with Crippen LogP contribution in [-0.2, 0) is 4.74 Å². The molecule has 0 spiro atoms. The lowest BCUT2D eigenvalue weighted by molar-refractivity contribution is -0.0549. The van der Waals surface area contributed by atoms with Crippen molar-refractivity contribution in [3.63, 3.8) is 0 Å². The van der Waals surface area contributed by atoms with Crippen LogP contribution in [0, 0.1) is 5.82 Å². The van der Waals surface area contributed by atoms with Gasteiger partial charge < -0.3 is 20.1 Å². The number of halogens is 1. The number of rotatable bonds is 3. The van der Waals surface area contributed by atoms with E-state index in [-0.39, 0.29) is 5.56 Å². The van der Waals surface area contributed by atoms with Crippen molar-refractivity contribution in [3.8, 4) is 11.1 Å². The largest absolute Gasteiger partial charge is 0.394 e. The highest BCUT2D eigenvalue weighted by Gasteiger charge is 2.43. The van der Waals surface area contributed by atoms with Crippen LogP contribution in [0.15, 0.2) is 40.1 Å². The van der Waals surface area contributed by atoms with Gasteiger partial charge in [0.1, 0.15) is 24.1 Å². The lowest BCUT2D eigenvalue weighted by Gasteiger charge is -2.18.